The van der Waals surface area contributed by atoms with Crippen molar-refractivity contribution in [1.29, 1.82) is 0 Å². The van der Waals surface area contributed by atoms with Gasteiger partial charge in [-0.25, -0.2) is 0 Å². The van der Waals surface area contributed by atoms with Gasteiger partial charge in [0.1, 0.15) is 0 Å². The van der Waals surface area contributed by atoms with Gasteiger partial charge in [0.15, 0.2) is 0 Å². The predicted octanol–water partition coefficient (Wildman–Crippen LogP) is 7.18. The van der Waals surface area contributed by atoms with Crippen LogP contribution in [-0.4, -0.2) is 21.8 Å². The number of hydrogen-bond donors (Lipinski definition) is 0. The van der Waals surface area contributed by atoms with Crippen molar-refractivity contribution in [3.8, 4) is 23.0 Å². The molecule has 0 radical (unpaired) electrons. The fraction of sp³-hybridized carbons (Fsp3) is 0. The number of benzene rings is 5. The minimum absolute atomic E-state index is 0.212. The molecule has 0 bridgehead atoms. The van der Waals surface area contributed by atoms with Crippen molar-refractivity contribution >= 4 is 31.6 Å². The van der Waals surface area contributed by atoms with E-state index in [9.17, 15) is 43.9 Å². The zero-order valence-electron chi connectivity index (χ0n) is 21.0. The van der Waals surface area contributed by atoms with Crippen molar-refractivity contribution in [2.24, 2.45) is 0 Å². The van der Waals surface area contributed by atoms with Gasteiger partial charge >= 0.3 is 245 Å². The summed E-state index contributed by atoms with van der Waals surface area (Å²) in [5.74, 6) is -25.1. The molecule has 0 aliphatic rings. The number of halogens is 10. The van der Waals surface area contributed by atoms with E-state index in [2.05, 4.69) is 0 Å². The van der Waals surface area contributed by atoms with E-state index in [0.29, 0.717) is 0 Å². The molecule has 43 heavy (non-hydrogen) atoms. The average molecular weight is 804 g/mol. The summed E-state index contributed by atoms with van der Waals surface area (Å²) in [5, 5.41) is 0. The van der Waals surface area contributed by atoms with Gasteiger partial charge in [-0.3, -0.25) is 0 Å². The number of hydrogen-bond acceptors (Lipinski definition) is 2. The first-order valence-corrected chi connectivity index (χ1v) is 17.1. The zero-order chi connectivity index (χ0) is 31.0. The van der Waals surface area contributed by atoms with E-state index in [-0.39, 0.29) is 11.5 Å². The molecule has 0 aromatic heterocycles. The molecule has 0 amide bonds. The summed E-state index contributed by atoms with van der Waals surface area (Å²) >= 11 is -3.19. The molecule has 0 atom stereocenters. The molecule has 5 aromatic carbocycles. The van der Waals surface area contributed by atoms with Crippen molar-refractivity contribution in [3.05, 3.63) is 137 Å². The van der Waals surface area contributed by atoms with Gasteiger partial charge in [0.25, 0.3) is 0 Å². The quantitative estimate of drug-likeness (QED) is 0.0753. The van der Waals surface area contributed by atoms with Gasteiger partial charge in [-0.15, -0.1) is 0 Å². The molecule has 0 spiro atoms. The third-order valence-electron chi connectivity index (χ3n) is 5.98. The Hall–Kier alpha value is -4.12. The molecule has 0 unspecified atom stereocenters. The molecule has 5 aromatic rings. The maximum atomic E-state index is 14.1. The van der Waals surface area contributed by atoms with Crippen molar-refractivity contribution in [3.63, 3.8) is 0 Å². The molecular weight excluding hydrogens is 791 g/mol. The Morgan fingerprint density at radius 1 is 0.326 bits per heavy atom. The minimum atomic E-state index is -3.19. The Kier molecular flexibility index (Phi) is 8.64. The van der Waals surface area contributed by atoms with Crippen LogP contribution in [0.1, 0.15) is 0 Å². The van der Waals surface area contributed by atoms with E-state index in [0.717, 1.165) is 9.81 Å². The van der Waals surface area contributed by atoms with Crippen LogP contribution >= 0.6 is 0 Å². The summed E-state index contributed by atoms with van der Waals surface area (Å²) in [6.45, 7) is 0. The Morgan fingerprint density at radius 3 is 0.930 bits per heavy atom. The average Bonchev–Trinajstić information content (AvgIpc) is 3.03. The molecule has 0 aliphatic carbocycles. The van der Waals surface area contributed by atoms with Crippen LogP contribution in [0.3, 0.4) is 0 Å². The Balaban J connectivity index is 1.46. The van der Waals surface area contributed by atoms with Crippen LogP contribution < -0.4 is 19.3 Å². The Morgan fingerprint density at radius 2 is 0.605 bits per heavy atom. The van der Waals surface area contributed by atoms with E-state index < -0.39 is 91.4 Å². The van der Waals surface area contributed by atoms with E-state index >= 15 is 0 Å². The number of ether oxygens (including phenoxy) is 2. The summed E-state index contributed by atoms with van der Waals surface area (Å²) in [5.41, 5.74) is 0. The van der Waals surface area contributed by atoms with Crippen LogP contribution in [0, 0.1) is 58.2 Å². The normalized spacial score (nSPS) is 11.2. The fourth-order valence-corrected chi connectivity index (χ4v) is 12.7. The molecule has 0 heterocycles. The first kappa shape index (κ1) is 30.3. The molecule has 5 rings (SSSR count). The third kappa shape index (κ3) is 5.78. The second kappa shape index (κ2) is 12.2. The monoisotopic (exact) mass is 804 g/mol. The first-order valence-electron chi connectivity index (χ1n) is 11.9. The van der Waals surface area contributed by atoms with E-state index in [1.165, 1.54) is 24.3 Å². The van der Waals surface area contributed by atoms with Crippen LogP contribution in [-0.2, 0) is 0 Å². The molecule has 220 valence electrons. The topological polar surface area (TPSA) is 18.5 Å². The van der Waals surface area contributed by atoms with Gasteiger partial charge in [0.2, 0.25) is 0 Å². The van der Waals surface area contributed by atoms with Gasteiger partial charge in [0, 0.05) is 0 Å². The predicted molar refractivity (Wildman–Crippen MR) is 137 cm³/mol. The third-order valence-corrected chi connectivity index (χ3v) is 15.5. The van der Waals surface area contributed by atoms with Gasteiger partial charge in [-0.1, -0.05) is 0 Å². The van der Waals surface area contributed by atoms with Crippen LogP contribution in [0.25, 0.3) is 0 Å². The summed E-state index contributed by atoms with van der Waals surface area (Å²) in [7, 11) is 0. The van der Waals surface area contributed by atoms with Crippen molar-refractivity contribution in [1.82, 2.24) is 0 Å². The molecular formula is C30H13BiF10O2. The van der Waals surface area contributed by atoms with Crippen LogP contribution in [0.15, 0.2) is 78.9 Å². The summed E-state index contributed by atoms with van der Waals surface area (Å²) < 4.78 is 150. The molecule has 0 saturated carbocycles. The molecule has 13 heteroatoms. The number of rotatable bonds is 7. The van der Waals surface area contributed by atoms with Crippen molar-refractivity contribution < 1.29 is 53.4 Å². The van der Waals surface area contributed by atoms with E-state index in [1.807, 2.05) is 12.1 Å². The second-order valence-electron chi connectivity index (χ2n) is 8.66. The van der Waals surface area contributed by atoms with E-state index in [4.69, 9.17) is 9.47 Å². The van der Waals surface area contributed by atoms with Crippen LogP contribution in [0.5, 0.6) is 23.0 Å². The summed E-state index contributed by atoms with van der Waals surface area (Å²) in [6, 6.07) is 20.5. The molecule has 0 aliphatic heterocycles. The van der Waals surface area contributed by atoms with Gasteiger partial charge in [0.05, 0.1) is 0 Å². The van der Waals surface area contributed by atoms with Gasteiger partial charge < -0.3 is 0 Å². The maximum absolute atomic E-state index is 14.1. The molecule has 2 nitrogen and oxygen atoms in total. The van der Waals surface area contributed by atoms with Crippen LogP contribution in [0.4, 0.5) is 43.9 Å². The van der Waals surface area contributed by atoms with E-state index in [1.54, 1.807) is 42.5 Å². The van der Waals surface area contributed by atoms with Crippen LogP contribution in [0.2, 0.25) is 0 Å². The molecule has 0 saturated heterocycles. The van der Waals surface area contributed by atoms with Crippen molar-refractivity contribution in [2.75, 3.05) is 0 Å². The molecule has 0 N–H and O–H groups in total. The zero-order valence-corrected chi connectivity index (χ0v) is 24.5. The fourth-order valence-electron chi connectivity index (χ4n) is 3.94. The van der Waals surface area contributed by atoms with Gasteiger partial charge in [-0.2, -0.15) is 0 Å². The summed E-state index contributed by atoms with van der Waals surface area (Å²) in [6.07, 6.45) is 0. The Bertz CT molecular complexity index is 1640. The van der Waals surface area contributed by atoms with Crippen molar-refractivity contribution in [2.45, 2.75) is 0 Å². The first-order chi connectivity index (χ1) is 20.5. The second-order valence-corrected chi connectivity index (χ2v) is 17.3. The summed E-state index contributed by atoms with van der Waals surface area (Å²) in [4.78, 5) is 0. The SMILES string of the molecule is Fc1c(F)c(F)c(Oc2cc[c]([Bi]([c]3ccccc3)[c]3ccc(Oc4c(F)c(F)c(F)c(F)c4F)cc3)cc2)c(F)c1F. The Labute approximate surface area is 244 Å². The standard InChI is InChI=1S/2C12H4F5O.C6H5.Bi/c2*13-7-8(14)10(16)12(11(17)9(7)15)18-6-4-2-1-3-5-6;1-2-4-6-5-3-1;/h2*2-5H;1-5H;. The molecule has 0 fully saturated rings. The van der Waals surface area contributed by atoms with Gasteiger partial charge in [-0.05, 0) is 0 Å².